The van der Waals surface area contributed by atoms with E-state index in [1.165, 1.54) is 11.3 Å². The molecule has 6 heteroatoms. The average molecular weight is 334 g/mol. The molecule has 0 radical (unpaired) electrons. The van der Waals surface area contributed by atoms with Crippen molar-refractivity contribution in [3.63, 3.8) is 0 Å². The lowest BCUT2D eigenvalue weighted by Gasteiger charge is -2.10. The first kappa shape index (κ1) is 14.6. The van der Waals surface area contributed by atoms with Crippen molar-refractivity contribution in [2.75, 3.05) is 0 Å². The van der Waals surface area contributed by atoms with E-state index in [9.17, 15) is 4.79 Å². The Hall–Kier alpha value is -2.99. The van der Waals surface area contributed by atoms with Gasteiger partial charge in [0.25, 0.3) is 5.91 Å². The van der Waals surface area contributed by atoms with Crippen LogP contribution in [-0.2, 0) is 6.54 Å². The van der Waals surface area contributed by atoms with E-state index in [0.29, 0.717) is 12.2 Å². The first-order valence-electron chi connectivity index (χ1n) is 7.50. The molecular weight excluding hydrogens is 320 g/mol. The van der Waals surface area contributed by atoms with Crippen LogP contribution in [0.1, 0.15) is 16.1 Å². The highest BCUT2D eigenvalue weighted by molar-refractivity contribution is 7.16. The Labute approximate surface area is 142 Å². The molecule has 4 aromatic rings. The SMILES string of the molecule is O=C(NCc1ccccc1-c1cccnc1)c1cc2scnc2[nH]1. The molecule has 0 aliphatic heterocycles. The van der Waals surface area contributed by atoms with Crippen LogP contribution >= 0.6 is 11.3 Å². The second-order valence-electron chi connectivity index (χ2n) is 5.33. The zero-order valence-electron chi connectivity index (χ0n) is 12.7. The van der Waals surface area contributed by atoms with Crippen LogP contribution in [0.25, 0.3) is 21.5 Å². The smallest absolute Gasteiger partial charge is 0.268 e. The van der Waals surface area contributed by atoms with Crippen LogP contribution < -0.4 is 5.32 Å². The molecular formula is C18H14N4OS. The molecule has 24 heavy (non-hydrogen) atoms. The van der Waals surface area contributed by atoms with Crippen LogP contribution in [0.15, 0.2) is 60.4 Å². The van der Waals surface area contributed by atoms with E-state index >= 15 is 0 Å². The van der Waals surface area contributed by atoms with Gasteiger partial charge < -0.3 is 10.3 Å². The largest absolute Gasteiger partial charge is 0.347 e. The third-order valence-corrected chi connectivity index (χ3v) is 4.57. The van der Waals surface area contributed by atoms with E-state index < -0.39 is 0 Å². The monoisotopic (exact) mass is 334 g/mol. The maximum atomic E-state index is 12.4. The van der Waals surface area contributed by atoms with Gasteiger partial charge in [0, 0.05) is 24.5 Å². The van der Waals surface area contributed by atoms with Gasteiger partial charge in [-0.15, -0.1) is 11.3 Å². The summed E-state index contributed by atoms with van der Waals surface area (Å²) in [5, 5.41) is 2.96. The number of hydrogen-bond donors (Lipinski definition) is 2. The van der Waals surface area contributed by atoms with E-state index in [4.69, 9.17) is 0 Å². The molecule has 4 rings (SSSR count). The summed E-state index contributed by atoms with van der Waals surface area (Å²) in [4.78, 5) is 23.7. The number of carbonyl (C=O) groups is 1. The van der Waals surface area contributed by atoms with Crippen LogP contribution in [0.3, 0.4) is 0 Å². The number of fused-ring (bicyclic) bond motifs is 1. The molecule has 0 bridgehead atoms. The standard InChI is InChI=1S/C18H14N4OS/c23-18(15-8-16-17(22-15)21-11-24-16)20-10-13-4-1-2-6-14(13)12-5-3-7-19-9-12/h1-9,11,22H,10H2,(H,20,23). The van der Waals surface area contributed by atoms with Gasteiger partial charge in [-0.2, -0.15) is 0 Å². The number of rotatable bonds is 4. The van der Waals surface area contributed by atoms with Crippen LogP contribution in [0.5, 0.6) is 0 Å². The summed E-state index contributed by atoms with van der Waals surface area (Å²) < 4.78 is 0.982. The molecule has 1 amide bonds. The molecule has 0 unspecified atom stereocenters. The zero-order chi connectivity index (χ0) is 16.4. The molecule has 5 nitrogen and oxygen atoms in total. The zero-order valence-corrected chi connectivity index (χ0v) is 13.5. The number of nitrogens with zero attached hydrogens (tertiary/aromatic N) is 2. The van der Waals surface area contributed by atoms with Gasteiger partial charge in [-0.25, -0.2) is 4.98 Å². The van der Waals surface area contributed by atoms with E-state index in [1.54, 1.807) is 11.7 Å². The first-order chi connectivity index (χ1) is 11.8. The van der Waals surface area contributed by atoms with Gasteiger partial charge in [-0.3, -0.25) is 9.78 Å². The normalized spacial score (nSPS) is 10.8. The van der Waals surface area contributed by atoms with E-state index in [1.807, 2.05) is 48.7 Å². The van der Waals surface area contributed by atoms with Crippen molar-refractivity contribution in [2.24, 2.45) is 0 Å². The van der Waals surface area contributed by atoms with Crippen LogP contribution in [0.4, 0.5) is 0 Å². The minimum Gasteiger partial charge on any atom is -0.347 e. The molecule has 0 saturated carbocycles. The minimum absolute atomic E-state index is 0.138. The Balaban J connectivity index is 1.54. The lowest BCUT2D eigenvalue weighted by molar-refractivity contribution is 0.0947. The van der Waals surface area contributed by atoms with Gasteiger partial charge in [0.1, 0.15) is 11.3 Å². The number of H-pyrrole nitrogens is 1. The number of pyridine rings is 1. The predicted octanol–water partition coefficient (Wildman–Crippen LogP) is 3.62. The lowest BCUT2D eigenvalue weighted by atomic mass is 10.0. The van der Waals surface area contributed by atoms with E-state index in [-0.39, 0.29) is 5.91 Å². The molecule has 0 fully saturated rings. The number of benzene rings is 1. The average Bonchev–Trinajstić information content (AvgIpc) is 3.23. The van der Waals surface area contributed by atoms with Gasteiger partial charge in [-0.05, 0) is 23.3 Å². The van der Waals surface area contributed by atoms with Crippen LogP contribution in [0, 0.1) is 0 Å². The fourth-order valence-electron chi connectivity index (χ4n) is 2.62. The quantitative estimate of drug-likeness (QED) is 0.599. The molecule has 0 atom stereocenters. The van der Waals surface area contributed by atoms with Crippen molar-refractivity contribution in [2.45, 2.75) is 6.54 Å². The van der Waals surface area contributed by atoms with Crippen LogP contribution in [-0.4, -0.2) is 20.9 Å². The highest BCUT2D eigenvalue weighted by Crippen LogP contribution is 2.23. The number of nitrogens with one attached hydrogen (secondary N) is 2. The molecule has 3 aromatic heterocycles. The molecule has 2 N–H and O–H groups in total. The predicted molar refractivity (Wildman–Crippen MR) is 94.8 cm³/mol. The first-order valence-corrected chi connectivity index (χ1v) is 8.38. The fraction of sp³-hybridized carbons (Fsp3) is 0.0556. The number of hydrogen-bond acceptors (Lipinski definition) is 4. The summed E-state index contributed by atoms with van der Waals surface area (Å²) in [7, 11) is 0. The Morgan fingerprint density at radius 2 is 2.12 bits per heavy atom. The molecule has 0 aliphatic rings. The van der Waals surface area contributed by atoms with Gasteiger partial charge >= 0.3 is 0 Å². The van der Waals surface area contributed by atoms with Crippen molar-refractivity contribution >= 4 is 27.6 Å². The topological polar surface area (TPSA) is 70.7 Å². The third-order valence-electron chi connectivity index (χ3n) is 3.80. The highest BCUT2D eigenvalue weighted by atomic mass is 32.1. The fourth-order valence-corrected chi connectivity index (χ4v) is 3.29. The third kappa shape index (κ3) is 2.79. The summed E-state index contributed by atoms with van der Waals surface area (Å²) in [5.74, 6) is -0.138. The number of carbonyl (C=O) groups excluding carboxylic acids is 1. The molecule has 0 saturated heterocycles. The molecule has 0 spiro atoms. The Morgan fingerprint density at radius 3 is 2.96 bits per heavy atom. The summed E-state index contributed by atoms with van der Waals surface area (Å²) >= 11 is 1.51. The van der Waals surface area contributed by atoms with Crippen molar-refractivity contribution in [1.82, 2.24) is 20.3 Å². The lowest BCUT2D eigenvalue weighted by Crippen LogP contribution is -2.23. The Kier molecular flexibility index (Phi) is 3.80. The molecule has 118 valence electrons. The summed E-state index contributed by atoms with van der Waals surface area (Å²) in [6.45, 7) is 0.448. The Morgan fingerprint density at radius 1 is 1.21 bits per heavy atom. The number of aromatic nitrogens is 3. The van der Waals surface area contributed by atoms with Crippen LogP contribution in [0.2, 0.25) is 0 Å². The van der Waals surface area contributed by atoms with Gasteiger partial charge in [-0.1, -0.05) is 30.3 Å². The molecule has 3 heterocycles. The maximum absolute atomic E-state index is 12.4. The second kappa shape index (κ2) is 6.25. The van der Waals surface area contributed by atoms with Crippen molar-refractivity contribution in [3.8, 4) is 11.1 Å². The van der Waals surface area contributed by atoms with Gasteiger partial charge in [0.05, 0.1) is 10.2 Å². The molecule has 0 aliphatic carbocycles. The number of amides is 1. The van der Waals surface area contributed by atoms with Crippen molar-refractivity contribution < 1.29 is 4.79 Å². The number of thiazole rings is 1. The highest BCUT2D eigenvalue weighted by Gasteiger charge is 2.12. The van der Waals surface area contributed by atoms with Gasteiger partial charge in [0.2, 0.25) is 0 Å². The summed E-state index contributed by atoms with van der Waals surface area (Å²) in [5.41, 5.74) is 6.19. The summed E-state index contributed by atoms with van der Waals surface area (Å²) in [6.07, 6.45) is 3.57. The Bertz CT molecular complexity index is 962. The van der Waals surface area contributed by atoms with Crippen molar-refractivity contribution in [3.05, 3.63) is 71.6 Å². The van der Waals surface area contributed by atoms with E-state index in [2.05, 4.69) is 20.3 Å². The van der Waals surface area contributed by atoms with Crippen molar-refractivity contribution in [1.29, 1.82) is 0 Å². The maximum Gasteiger partial charge on any atom is 0.268 e. The van der Waals surface area contributed by atoms with Gasteiger partial charge in [0.15, 0.2) is 0 Å². The minimum atomic E-state index is -0.138. The molecule has 1 aromatic carbocycles. The van der Waals surface area contributed by atoms with E-state index in [0.717, 1.165) is 27.0 Å². The number of aromatic amines is 1. The second-order valence-corrected chi connectivity index (χ2v) is 6.22. The summed E-state index contributed by atoms with van der Waals surface area (Å²) in [6, 6.07) is 13.7.